The minimum Gasteiger partial charge on any atom is -0.456 e. The van der Waals surface area contributed by atoms with Gasteiger partial charge in [0.15, 0.2) is 0 Å². The van der Waals surface area contributed by atoms with Crippen LogP contribution < -0.4 is 14.2 Å². The third-order valence-corrected chi connectivity index (χ3v) is 15.7. The number of para-hydroxylation sites is 1. The van der Waals surface area contributed by atoms with Gasteiger partial charge in [-0.15, -0.1) is 13.0 Å². The molecule has 0 fully saturated rings. The van der Waals surface area contributed by atoms with Crippen LogP contribution in [0.2, 0.25) is 0 Å². The highest BCUT2D eigenvalue weighted by Crippen LogP contribution is 2.43. The first-order chi connectivity index (χ1) is 31.3. The maximum atomic E-state index is 13.9. The van der Waals surface area contributed by atoms with E-state index in [1.807, 2.05) is 0 Å². The van der Waals surface area contributed by atoms with E-state index in [2.05, 4.69) is 28.1 Å². The van der Waals surface area contributed by atoms with E-state index in [1.165, 1.54) is 37.3 Å². The van der Waals surface area contributed by atoms with Crippen LogP contribution in [0.1, 0.15) is 5.56 Å². The molecule has 0 aliphatic heterocycles. The summed E-state index contributed by atoms with van der Waals surface area (Å²) in [6, 6.07) is 24.3. The Morgan fingerprint density at radius 3 is 1.29 bits per heavy atom. The molecule has 0 saturated carbocycles. The molecule has 0 bridgehead atoms. The molecule has 0 aromatic heterocycles. The predicted octanol–water partition coefficient (Wildman–Crippen LogP) is 8.82. The van der Waals surface area contributed by atoms with Crippen LogP contribution >= 0.6 is 36.1 Å². The first kappa shape index (κ1) is 50.5. The highest BCUT2D eigenvalue weighted by molar-refractivity contribution is 7.95. The Kier molecular flexibility index (Phi) is 16.4. The molecule has 350 valence electrons. The Labute approximate surface area is 387 Å². The lowest BCUT2D eigenvalue weighted by molar-refractivity contribution is -0.432. The maximum absolute atomic E-state index is 13.9. The summed E-state index contributed by atoms with van der Waals surface area (Å²) in [7, 11) is -19.1. The van der Waals surface area contributed by atoms with Gasteiger partial charge in [0.05, 0.1) is 75.3 Å². The molecular formula is C37H28O22S7. The van der Waals surface area contributed by atoms with Crippen molar-refractivity contribution in [3.63, 3.8) is 0 Å². The van der Waals surface area contributed by atoms with Gasteiger partial charge in [0.25, 0.3) is 20.2 Å². The highest BCUT2D eigenvalue weighted by atomic mass is 32.2. The number of sulfone groups is 2. The van der Waals surface area contributed by atoms with E-state index < -0.39 is 75.0 Å². The van der Waals surface area contributed by atoms with Gasteiger partial charge in [-0.05, 0) is 103 Å². The second kappa shape index (κ2) is 21.4. The van der Waals surface area contributed by atoms with Crippen LogP contribution in [0.5, 0.6) is 34.5 Å². The second-order valence-corrected chi connectivity index (χ2v) is 21.5. The minimum absolute atomic E-state index is 0.000167. The lowest BCUT2D eigenvalue weighted by Gasteiger charge is -2.16. The van der Waals surface area contributed by atoms with Crippen molar-refractivity contribution in [2.24, 2.45) is 0 Å². The SMILES string of the molecule is Cc1ccc(S(=O)(=O)c2ccc(Oc3ccc(Oc4ccc(S(=O)(=O)c5ccc(Oc6ccccc6)c(SOOO)c5)cc4S(=O)(=O)O)c(SOOO)c3)c(SOOO)c2)cc1S(=O)(=O)O. The molecule has 0 saturated heterocycles. The lowest BCUT2D eigenvalue weighted by atomic mass is 10.2. The van der Waals surface area contributed by atoms with Crippen LogP contribution in [0, 0.1) is 6.92 Å². The van der Waals surface area contributed by atoms with E-state index >= 15 is 0 Å². The summed E-state index contributed by atoms with van der Waals surface area (Å²) in [5.41, 5.74) is 0.0730. The summed E-state index contributed by atoms with van der Waals surface area (Å²) in [5, 5.41) is 37.5. The normalized spacial score (nSPS) is 12.2. The van der Waals surface area contributed by atoms with Crippen LogP contribution in [0.15, 0.2) is 165 Å². The van der Waals surface area contributed by atoms with Crippen LogP contribution in [0.25, 0.3) is 0 Å². The van der Waals surface area contributed by atoms with Crippen LogP contribution in [-0.4, -0.2) is 58.5 Å². The van der Waals surface area contributed by atoms with Gasteiger partial charge in [-0.3, -0.25) is 9.11 Å². The third-order valence-electron chi connectivity index (χ3n) is 8.50. The van der Waals surface area contributed by atoms with Crippen molar-refractivity contribution in [1.29, 1.82) is 0 Å². The minimum atomic E-state index is -5.24. The third kappa shape index (κ3) is 12.2. The molecule has 0 amide bonds. The number of hydrogen-bond donors (Lipinski definition) is 5. The molecule has 0 aliphatic rings. The van der Waals surface area contributed by atoms with Crippen molar-refractivity contribution in [1.82, 2.24) is 0 Å². The molecule has 0 atom stereocenters. The molecule has 0 aliphatic carbocycles. The molecule has 0 radical (unpaired) electrons. The van der Waals surface area contributed by atoms with Crippen LogP contribution in [0.3, 0.4) is 0 Å². The van der Waals surface area contributed by atoms with Crippen LogP contribution in [0.4, 0.5) is 0 Å². The first-order valence-corrected chi connectivity index (χ1v) is 25.5. The number of hydrogen-bond acceptors (Lipinski definition) is 23. The number of benzene rings is 6. The van der Waals surface area contributed by atoms with Crippen molar-refractivity contribution in [2.45, 2.75) is 51.0 Å². The lowest BCUT2D eigenvalue weighted by Crippen LogP contribution is -2.07. The summed E-state index contributed by atoms with van der Waals surface area (Å²) in [5.74, 6) is -0.659. The fourth-order valence-corrected chi connectivity index (χ4v) is 11.3. The fraction of sp³-hybridized carbons (Fsp3) is 0.0270. The van der Waals surface area contributed by atoms with Gasteiger partial charge in [0.2, 0.25) is 19.7 Å². The van der Waals surface area contributed by atoms with Gasteiger partial charge in [-0.25, -0.2) is 32.6 Å². The summed E-state index contributed by atoms with van der Waals surface area (Å²) < 4.78 is 155. The molecule has 6 rings (SSSR count). The van der Waals surface area contributed by atoms with E-state index in [0.29, 0.717) is 23.9 Å². The zero-order valence-corrected chi connectivity index (χ0v) is 38.3. The maximum Gasteiger partial charge on any atom is 0.298 e. The Morgan fingerprint density at radius 1 is 0.409 bits per heavy atom. The fourth-order valence-electron chi connectivity index (χ4n) is 5.57. The second-order valence-electron chi connectivity index (χ2n) is 12.6. The summed E-state index contributed by atoms with van der Waals surface area (Å²) >= 11 is 0.956. The van der Waals surface area contributed by atoms with Gasteiger partial charge >= 0.3 is 0 Å². The van der Waals surface area contributed by atoms with Gasteiger partial charge < -0.3 is 14.2 Å². The van der Waals surface area contributed by atoms with Crippen molar-refractivity contribution in [3.8, 4) is 34.5 Å². The van der Waals surface area contributed by atoms with Crippen LogP contribution in [-0.2, 0) is 68.0 Å². The summed E-state index contributed by atoms with van der Waals surface area (Å²) in [6.45, 7) is 1.35. The Bertz CT molecular complexity index is 3190. The summed E-state index contributed by atoms with van der Waals surface area (Å²) in [6.07, 6.45) is 0. The molecule has 0 unspecified atom stereocenters. The molecule has 5 N–H and O–H groups in total. The van der Waals surface area contributed by atoms with Crippen molar-refractivity contribution in [3.05, 3.63) is 127 Å². The molecule has 6 aromatic carbocycles. The first-order valence-electron chi connectivity index (χ1n) is 17.4. The quantitative estimate of drug-likeness (QED) is 0.0194. The number of aryl methyl sites for hydroxylation is 1. The zero-order valence-electron chi connectivity index (χ0n) is 32.6. The van der Waals surface area contributed by atoms with E-state index in [0.717, 1.165) is 54.6 Å². The molecule has 0 heterocycles. The monoisotopic (exact) mass is 1050 g/mol. The van der Waals surface area contributed by atoms with E-state index in [9.17, 15) is 42.8 Å². The molecule has 66 heavy (non-hydrogen) atoms. The molecular weight excluding hydrogens is 1020 g/mol. The standard InChI is InChI=1S/C37H28O22S7/c1-22-7-9-27(20-36(22)65(45,46)47)63(41,42)25-11-15-30(35(19-25)62-59-56-40)52-24-8-13-31(33(17-24)60-57-54-38)53-32-16-12-28(21-37(32)66(48,49)50)64(43,44)26-10-14-29(34(18-26)61-58-55-39)51-23-5-3-2-4-6-23/h2-21,38-40H,1H3,(H,45,46,47)(H,48,49,50). The van der Waals surface area contributed by atoms with Gasteiger partial charge in [0, 0.05) is 6.07 Å². The smallest absolute Gasteiger partial charge is 0.298 e. The number of rotatable bonds is 21. The molecule has 6 aromatic rings. The summed E-state index contributed by atoms with van der Waals surface area (Å²) in [4.78, 5) is -3.91. The Balaban J connectivity index is 1.31. The van der Waals surface area contributed by atoms with Gasteiger partial charge in [-0.1, -0.05) is 39.4 Å². The largest absolute Gasteiger partial charge is 0.456 e. The average molecular weight is 1050 g/mol. The van der Waals surface area contributed by atoms with E-state index in [1.54, 1.807) is 30.3 Å². The van der Waals surface area contributed by atoms with E-state index in [4.69, 9.17) is 30.0 Å². The van der Waals surface area contributed by atoms with Gasteiger partial charge in [-0.2, -0.15) is 16.8 Å². The van der Waals surface area contributed by atoms with E-state index in [-0.39, 0.29) is 67.3 Å². The molecule has 0 spiro atoms. The number of ether oxygens (including phenoxy) is 3. The Morgan fingerprint density at radius 2 is 0.803 bits per heavy atom. The molecule has 29 heteroatoms. The van der Waals surface area contributed by atoms with Crippen molar-refractivity contribution in [2.75, 3.05) is 0 Å². The predicted molar refractivity (Wildman–Crippen MR) is 226 cm³/mol. The average Bonchev–Trinajstić information content (AvgIpc) is 3.27. The zero-order chi connectivity index (χ0) is 47.9. The Hall–Kier alpha value is -4.87. The van der Waals surface area contributed by atoms with Crippen molar-refractivity contribution >= 4 is 76.0 Å². The van der Waals surface area contributed by atoms with Gasteiger partial charge in [0.1, 0.15) is 39.4 Å². The highest BCUT2D eigenvalue weighted by Gasteiger charge is 2.28. The topological polar surface area (TPSA) is 321 Å². The van der Waals surface area contributed by atoms with Crippen molar-refractivity contribution < 1.29 is 101 Å². The molecule has 22 nitrogen and oxygen atoms in total.